The van der Waals surface area contributed by atoms with Gasteiger partial charge < -0.3 is 20.4 Å². The number of nitrogens with zero attached hydrogens (tertiary/aromatic N) is 3. The number of guanidine groups is 1. The van der Waals surface area contributed by atoms with Gasteiger partial charge in [-0.15, -0.1) is 24.0 Å². The van der Waals surface area contributed by atoms with E-state index < -0.39 is 0 Å². The van der Waals surface area contributed by atoms with Crippen molar-refractivity contribution in [3.63, 3.8) is 0 Å². The molecular weight excluding hydrogens is 501 g/mol. The van der Waals surface area contributed by atoms with Gasteiger partial charge in [-0.3, -0.25) is 9.79 Å². The molecule has 0 aliphatic carbocycles. The van der Waals surface area contributed by atoms with E-state index in [1.807, 2.05) is 11.0 Å². The van der Waals surface area contributed by atoms with Crippen LogP contribution in [-0.2, 0) is 11.2 Å². The van der Waals surface area contributed by atoms with E-state index in [0.29, 0.717) is 18.9 Å². The van der Waals surface area contributed by atoms with Crippen LogP contribution in [0.3, 0.4) is 0 Å². The molecule has 0 spiro atoms. The summed E-state index contributed by atoms with van der Waals surface area (Å²) in [5.74, 6) is 2.32. The van der Waals surface area contributed by atoms with Crippen molar-refractivity contribution in [2.45, 2.75) is 39.5 Å². The molecule has 2 aliphatic heterocycles. The highest BCUT2D eigenvalue weighted by molar-refractivity contribution is 14.0. The second-order valence-electron chi connectivity index (χ2n) is 8.82. The number of hydrogen-bond donors (Lipinski definition) is 2. The lowest BCUT2D eigenvalue weighted by molar-refractivity contribution is -0.127. The lowest BCUT2D eigenvalue weighted by Gasteiger charge is -2.30. The SMILES string of the molecule is CCNC(=NCC1CC(=O)N(CCc2ccccc2)C1)NCCN1CCC(C)CC1.I. The summed E-state index contributed by atoms with van der Waals surface area (Å²) in [6, 6.07) is 10.4. The first kappa shape index (κ1) is 25.9. The molecule has 2 fully saturated rings. The maximum atomic E-state index is 12.4. The lowest BCUT2D eigenvalue weighted by atomic mass is 9.99. The van der Waals surface area contributed by atoms with Crippen LogP contribution < -0.4 is 10.6 Å². The predicted molar refractivity (Wildman–Crippen MR) is 139 cm³/mol. The topological polar surface area (TPSA) is 60.0 Å². The van der Waals surface area contributed by atoms with Crippen LogP contribution >= 0.6 is 24.0 Å². The number of carbonyl (C=O) groups is 1. The summed E-state index contributed by atoms with van der Waals surface area (Å²) in [7, 11) is 0. The fraction of sp³-hybridized carbons (Fsp3) is 0.667. The molecule has 0 saturated carbocycles. The fourth-order valence-corrected chi connectivity index (χ4v) is 4.28. The van der Waals surface area contributed by atoms with E-state index >= 15 is 0 Å². The quantitative estimate of drug-likeness (QED) is 0.287. The van der Waals surface area contributed by atoms with Gasteiger partial charge in [-0.05, 0) is 50.8 Å². The number of likely N-dealkylation sites (tertiary alicyclic amines) is 2. The Morgan fingerprint density at radius 2 is 1.87 bits per heavy atom. The van der Waals surface area contributed by atoms with Gasteiger partial charge in [0, 0.05) is 51.6 Å². The monoisotopic (exact) mass is 541 g/mol. The first-order valence-corrected chi connectivity index (χ1v) is 11.7. The van der Waals surface area contributed by atoms with Gasteiger partial charge >= 0.3 is 0 Å². The minimum atomic E-state index is 0. The van der Waals surface area contributed by atoms with E-state index in [9.17, 15) is 4.79 Å². The number of rotatable bonds is 9. The molecule has 2 saturated heterocycles. The van der Waals surface area contributed by atoms with Crippen molar-refractivity contribution in [2.24, 2.45) is 16.8 Å². The average molecular weight is 542 g/mol. The number of nitrogens with one attached hydrogen (secondary N) is 2. The van der Waals surface area contributed by atoms with E-state index in [1.165, 1.54) is 31.5 Å². The van der Waals surface area contributed by atoms with E-state index in [-0.39, 0.29) is 29.9 Å². The predicted octanol–water partition coefficient (Wildman–Crippen LogP) is 2.98. The third-order valence-corrected chi connectivity index (χ3v) is 6.26. The van der Waals surface area contributed by atoms with Crippen LogP contribution in [0.25, 0.3) is 0 Å². The molecule has 0 radical (unpaired) electrons. The molecule has 6 nitrogen and oxygen atoms in total. The van der Waals surface area contributed by atoms with Gasteiger partial charge in [0.1, 0.15) is 0 Å². The summed E-state index contributed by atoms with van der Waals surface area (Å²) < 4.78 is 0. The van der Waals surface area contributed by atoms with Gasteiger partial charge in [-0.1, -0.05) is 37.3 Å². The van der Waals surface area contributed by atoms with Gasteiger partial charge in [0.05, 0.1) is 0 Å². The maximum absolute atomic E-state index is 12.4. The zero-order chi connectivity index (χ0) is 21.2. The van der Waals surface area contributed by atoms with Gasteiger partial charge in [-0.2, -0.15) is 0 Å². The highest BCUT2D eigenvalue weighted by atomic mass is 127. The van der Waals surface area contributed by atoms with Crippen LogP contribution in [0.1, 0.15) is 38.7 Å². The van der Waals surface area contributed by atoms with Crippen LogP contribution in [0.5, 0.6) is 0 Å². The normalized spacial score (nSPS) is 20.6. The molecule has 1 unspecified atom stereocenters. The van der Waals surface area contributed by atoms with Crippen molar-refractivity contribution in [1.29, 1.82) is 0 Å². The Hall–Kier alpha value is -1.35. The van der Waals surface area contributed by atoms with Crippen LogP contribution in [0.15, 0.2) is 35.3 Å². The largest absolute Gasteiger partial charge is 0.357 e. The Morgan fingerprint density at radius 1 is 1.13 bits per heavy atom. The van der Waals surface area contributed by atoms with Crippen molar-refractivity contribution < 1.29 is 4.79 Å². The number of hydrogen-bond acceptors (Lipinski definition) is 3. The molecule has 1 aromatic rings. The second-order valence-corrected chi connectivity index (χ2v) is 8.82. The summed E-state index contributed by atoms with van der Waals surface area (Å²) >= 11 is 0. The van der Waals surface area contributed by atoms with Crippen LogP contribution in [-0.4, -0.2) is 74.0 Å². The zero-order valence-corrected chi connectivity index (χ0v) is 21.5. The molecule has 2 aliphatic rings. The fourth-order valence-electron chi connectivity index (χ4n) is 4.28. The highest BCUT2D eigenvalue weighted by Crippen LogP contribution is 2.19. The van der Waals surface area contributed by atoms with Crippen molar-refractivity contribution >= 4 is 35.8 Å². The number of benzene rings is 1. The lowest BCUT2D eigenvalue weighted by Crippen LogP contribution is -2.43. The molecule has 7 heteroatoms. The van der Waals surface area contributed by atoms with Crippen molar-refractivity contribution in [1.82, 2.24) is 20.4 Å². The highest BCUT2D eigenvalue weighted by Gasteiger charge is 2.29. The summed E-state index contributed by atoms with van der Waals surface area (Å²) in [6.07, 6.45) is 4.15. The molecule has 1 aromatic carbocycles. The molecule has 31 heavy (non-hydrogen) atoms. The minimum absolute atomic E-state index is 0. The van der Waals surface area contributed by atoms with E-state index in [0.717, 1.165) is 51.0 Å². The molecule has 0 bridgehead atoms. The number of carbonyl (C=O) groups excluding carboxylic acids is 1. The first-order valence-electron chi connectivity index (χ1n) is 11.7. The Morgan fingerprint density at radius 3 is 2.58 bits per heavy atom. The van der Waals surface area contributed by atoms with Crippen molar-refractivity contribution in [2.75, 3.05) is 52.4 Å². The molecule has 1 amide bonds. The van der Waals surface area contributed by atoms with Crippen molar-refractivity contribution in [3.05, 3.63) is 35.9 Å². The summed E-state index contributed by atoms with van der Waals surface area (Å²) in [4.78, 5) is 21.7. The Balaban J connectivity index is 0.00000341. The third-order valence-electron chi connectivity index (χ3n) is 6.26. The molecular formula is C24H40IN5O. The van der Waals surface area contributed by atoms with E-state index in [4.69, 9.17) is 4.99 Å². The molecule has 0 aromatic heterocycles. The van der Waals surface area contributed by atoms with Crippen LogP contribution in [0.2, 0.25) is 0 Å². The molecule has 2 N–H and O–H groups in total. The number of piperidine rings is 1. The van der Waals surface area contributed by atoms with Gasteiger partial charge in [-0.25, -0.2) is 0 Å². The minimum Gasteiger partial charge on any atom is -0.357 e. The standard InChI is InChI=1S/C24H39N5O.HI/c1-3-25-24(26-12-16-28-13-9-20(2)10-14-28)27-18-22-17-23(30)29(19-22)15-11-21-7-5-4-6-8-21;/h4-8,20,22H,3,9-19H2,1-2H3,(H2,25,26,27);1H. The second kappa shape index (κ2) is 13.9. The number of halogens is 1. The Bertz CT molecular complexity index is 676. The number of amides is 1. The molecule has 2 heterocycles. The summed E-state index contributed by atoms with van der Waals surface area (Å²) in [5.41, 5.74) is 1.29. The van der Waals surface area contributed by atoms with E-state index in [2.05, 4.69) is 53.6 Å². The first-order chi connectivity index (χ1) is 14.6. The Labute approximate surface area is 205 Å². The van der Waals surface area contributed by atoms with Crippen LogP contribution in [0, 0.1) is 11.8 Å². The molecule has 1 atom stereocenters. The zero-order valence-electron chi connectivity index (χ0n) is 19.2. The average Bonchev–Trinajstić information content (AvgIpc) is 3.12. The smallest absolute Gasteiger partial charge is 0.223 e. The van der Waals surface area contributed by atoms with Crippen LogP contribution in [0.4, 0.5) is 0 Å². The Kier molecular flexibility index (Phi) is 11.6. The van der Waals surface area contributed by atoms with E-state index in [1.54, 1.807) is 0 Å². The third kappa shape index (κ3) is 8.96. The van der Waals surface area contributed by atoms with Gasteiger partial charge in [0.2, 0.25) is 5.91 Å². The van der Waals surface area contributed by atoms with Crippen molar-refractivity contribution in [3.8, 4) is 0 Å². The van der Waals surface area contributed by atoms with Gasteiger partial charge in [0.15, 0.2) is 5.96 Å². The molecule has 174 valence electrons. The number of aliphatic imine (C=N–C) groups is 1. The summed E-state index contributed by atoms with van der Waals surface area (Å²) in [6.45, 7) is 12.0. The maximum Gasteiger partial charge on any atom is 0.223 e. The summed E-state index contributed by atoms with van der Waals surface area (Å²) in [5, 5.41) is 6.81. The van der Waals surface area contributed by atoms with Gasteiger partial charge in [0.25, 0.3) is 0 Å². The molecule has 3 rings (SSSR count).